The van der Waals surface area contributed by atoms with Crippen molar-refractivity contribution in [2.75, 3.05) is 13.2 Å². The lowest BCUT2D eigenvalue weighted by atomic mass is 9.93. The molecule has 0 N–H and O–H groups in total. The molecule has 1 saturated heterocycles. The number of amides is 1. The second-order valence-corrected chi connectivity index (χ2v) is 12.2. The van der Waals surface area contributed by atoms with Crippen molar-refractivity contribution >= 4 is 23.2 Å². The van der Waals surface area contributed by atoms with E-state index in [9.17, 15) is 14.4 Å². The smallest absolute Gasteiger partial charge is 0.410 e. The average molecular weight is 595 g/mol. The van der Waals surface area contributed by atoms with Crippen molar-refractivity contribution < 1.29 is 14.3 Å². The van der Waals surface area contributed by atoms with Crippen LogP contribution in [0.25, 0.3) is 16.8 Å². The van der Waals surface area contributed by atoms with Crippen LogP contribution in [0.4, 0.5) is 4.79 Å². The van der Waals surface area contributed by atoms with E-state index in [0.29, 0.717) is 35.8 Å². The molecule has 1 fully saturated rings. The number of fused-ring (bicyclic) bond motifs is 1. The van der Waals surface area contributed by atoms with E-state index in [-0.39, 0.29) is 30.3 Å². The largest absolute Gasteiger partial charge is 0.444 e. The molecular weight excluding hydrogens is 560 g/mol. The van der Waals surface area contributed by atoms with E-state index in [4.69, 9.17) is 21.1 Å². The molecule has 2 atom stereocenters. The predicted molar refractivity (Wildman–Crippen MR) is 159 cm³/mol. The van der Waals surface area contributed by atoms with Gasteiger partial charge in [0.2, 0.25) is 0 Å². The number of rotatable bonds is 5. The summed E-state index contributed by atoms with van der Waals surface area (Å²) in [5.74, 6) is 0. The van der Waals surface area contributed by atoms with Gasteiger partial charge in [0.25, 0.3) is 5.56 Å². The number of halogens is 1. The maximum Gasteiger partial charge on any atom is 0.410 e. The van der Waals surface area contributed by atoms with Gasteiger partial charge in [-0.3, -0.25) is 9.36 Å². The van der Waals surface area contributed by atoms with Crippen molar-refractivity contribution in [1.29, 1.82) is 0 Å². The summed E-state index contributed by atoms with van der Waals surface area (Å²) in [5.41, 5.74) is 3.46. The molecule has 222 valence electrons. The van der Waals surface area contributed by atoms with E-state index in [0.717, 1.165) is 22.3 Å². The lowest BCUT2D eigenvalue weighted by Crippen LogP contribution is -2.52. The lowest BCUT2D eigenvalue weighted by Gasteiger charge is -2.39. The zero-order chi connectivity index (χ0) is 30.3. The second-order valence-electron chi connectivity index (χ2n) is 11.8. The molecule has 5 rings (SSSR count). The number of morpholine rings is 1. The van der Waals surface area contributed by atoms with Crippen LogP contribution in [0.15, 0.2) is 52.6 Å². The fourth-order valence-corrected chi connectivity index (χ4v) is 5.49. The Balaban J connectivity index is 1.50. The summed E-state index contributed by atoms with van der Waals surface area (Å²) in [7, 11) is 1.60. The zero-order valence-corrected chi connectivity index (χ0v) is 25.4. The van der Waals surface area contributed by atoms with Crippen LogP contribution >= 0.6 is 11.6 Å². The van der Waals surface area contributed by atoms with Crippen LogP contribution in [0.5, 0.6) is 0 Å². The number of carbonyl (C=O) groups excluding carboxylic acids is 1. The molecule has 0 bridgehead atoms. The number of hydrogen-bond acceptors (Lipinski definition) is 7. The number of hydrogen-bond donors (Lipinski definition) is 0. The van der Waals surface area contributed by atoms with Gasteiger partial charge >= 0.3 is 11.8 Å². The van der Waals surface area contributed by atoms with Crippen LogP contribution in [0.3, 0.4) is 0 Å². The highest BCUT2D eigenvalue weighted by molar-refractivity contribution is 6.31. The molecule has 0 spiro atoms. The molecule has 1 amide bonds. The van der Waals surface area contributed by atoms with Gasteiger partial charge in [0.05, 0.1) is 43.1 Å². The third-order valence-corrected chi connectivity index (χ3v) is 7.52. The van der Waals surface area contributed by atoms with Crippen molar-refractivity contribution in [3.63, 3.8) is 0 Å². The molecule has 1 unspecified atom stereocenters. The van der Waals surface area contributed by atoms with E-state index < -0.39 is 11.3 Å². The molecule has 42 heavy (non-hydrogen) atoms. The Kier molecular flexibility index (Phi) is 8.00. The number of aromatic nitrogens is 5. The number of aryl methyl sites for hydroxylation is 2. The normalized spacial score (nSPS) is 17.5. The zero-order valence-electron chi connectivity index (χ0n) is 24.6. The SMILES string of the molecule is Cc1cc(Cl)cc(-c2ncnn3cc(Cn4c(=O)ccn(C)c4=O)cc23)c1CC1CN(C(=O)OC(C)(C)C)[C@@H](C)CO1. The molecule has 1 aromatic carbocycles. The first-order valence-electron chi connectivity index (χ1n) is 13.8. The first-order valence-corrected chi connectivity index (χ1v) is 14.2. The van der Waals surface area contributed by atoms with Gasteiger partial charge in [-0.1, -0.05) is 11.6 Å². The monoisotopic (exact) mass is 594 g/mol. The van der Waals surface area contributed by atoms with Gasteiger partial charge in [-0.15, -0.1) is 0 Å². The lowest BCUT2D eigenvalue weighted by molar-refractivity contribution is -0.0648. The molecule has 1 aliphatic rings. The van der Waals surface area contributed by atoms with E-state index in [1.54, 1.807) is 22.7 Å². The topological polar surface area (TPSA) is 113 Å². The summed E-state index contributed by atoms with van der Waals surface area (Å²) in [5, 5.41) is 4.93. The van der Waals surface area contributed by atoms with Gasteiger partial charge in [-0.25, -0.2) is 19.1 Å². The molecule has 1 aliphatic heterocycles. The van der Waals surface area contributed by atoms with E-state index in [2.05, 4.69) is 10.1 Å². The minimum absolute atomic E-state index is 0.0885. The molecule has 4 heterocycles. The summed E-state index contributed by atoms with van der Waals surface area (Å²) in [4.78, 5) is 44.3. The van der Waals surface area contributed by atoms with Gasteiger partial charge < -0.3 is 18.9 Å². The Labute approximate surface area is 248 Å². The third kappa shape index (κ3) is 6.12. The van der Waals surface area contributed by atoms with E-state index in [1.165, 1.54) is 27.7 Å². The maximum absolute atomic E-state index is 12.9. The fraction of sp³-hybridized carbons (Fsp3) is 0.433. The molecular formula is C30H35ClN6O5. The van der Waals surface area contributed by atoms with Gasteiger partial charge in [-0.2, -0.15) is 5.10 Å². The average Bonchev–Trinajstić information content (AvgIpc) is 3.33. The Hall–Kier alpha value is -3.96. The molecule has 0 aliphatic carbocycles. The highest BCUT2D eigenvalue weighted by atomic mass is 35.5. The fourth-order valence-electron chi connectivity index (χ4n) is 5.22. The van der Waals surface area contributed by atoms with Crippen LogP contribution in [-0.4, -0.2) is 65.6 Å². The van der Waals surface area contributed by atoms with Gasteiger partial charge in [0.1, 0.15) is 11.9 Å². The number of carbonyl (C=O) groups is 1. The third-order valence-electron chi connectivity index (χ3n) is 7.30. The summed E-state index contributed by atoms with van der Waals surface area (Å²) in [6.45, 7) is 10.3. The van der Waals surface area contributed by atoms with Gasteiger partial charge in [0.15, 0.2) is 0 Å². The van der Waals surface area contributed by atoms with Crippen molar-refractivity contribution in [3.8, 4) is 11.3 Å². The first-order chi connectivity index (χ1) is 19.8. The number of ether oxygens (including phenoxy) is 2. The molecule has 0 radical (unpaired) electrons. The Bertz CT molecular complexity index is 1770. The van der Waals surface area contributed by atoms with Crippen LogP contribution < -0.4 is 11.2 Å². The van der Waals surface area contributed by atoms with Crippen molar-refractivity contribution in [3.05, 3.63) is 85.5 Å². The van der Waals surface area contributed by atoms with Crippen molar-refractivity contribution in [2.24, 2.45) is 7.05 Å². The summed E-state index contributed by atoms with van der Waals surface area (Å²) in [6, 6.07) is 6.89. The van der Waals surface area contributed by atoms with Crippen LogP contribution in [0, 0.1) is 6.92 Å². The van der Waals surface area contributed by atoms with E-state index in [1.807, 2.05) is 52.8 Å². The number of nitrogens with zero attached hydrogens (tertiary/aromatic N) is 6. The minimum atomic E-state index is -0.597. The molecule has 4 aromatic rings. The Morgan fingerprint density at radius 1 is 1.21 bits per heavy atom. The minimum Gasteiger partial charge on any atom is -0.444 e. The van der Waals surface area contributed by atoms with Crippen LogP contribution in [0.1, 0.15) is 44.4 Å². The molecule has 11 nitrogen and oxygen atoms in total. The quantitative estimate of drug-likeness (QED) is 0.345. The second kappa shape index (κ2) is 11.4. The highest BCUT2D eigenvalue weighted by Gasteiger charge is 2.33. The first kappa shape index (κ1) is 29.5. The number of benzene rings is 1. The molecule has 12 heteroatoms. The summed E-state index contributed by atoms with van der Waals surface area (Å²) in [6.07, 6.45) is 4.58. The van der Waals surface area contributed by atoms with E-state index >= 15 is 0 Å². The van der Waals surface area contributed by atoms with Crippen LogP contribution in [-0.2, 0) is 29.5 Å². The summed E-state index contributed by atoms with van der Waals surface area (Å²) < 4.78 is 16.0. The maximum atomic E-state index is 12.9. The summed E-state index contributed by atoms with van der Waals surface area (Å²) >= 11 is 6.55. The Morgan fingerprint density at radius 2 is 1.98 bits per heavy atom. The van der Waals surface area contributed by atoms with Gasteiger partial charge in [0, 0.05) is 42.5 Å². The highest BCUT2D eigenvalue weighted by Crippen LogP contribution is 2.33. The Morgan fingerprint density at radius 3 is 2.71 bits per heavy atom. The van der Waals surface area contributed by atoms with Crippen molar-refractivity contribution in [2.45, 2.75) is 65.3 Å². The van der Waals surface area contributed by atoms with Crippen molar-refractivity contribution in [1.82, 2.24) is 28.6 Å². The molecule has 3 aromatic heterocycles. The standard InChI is InChI=1S/C30H35ClN6O5/c1-18-9-21(31)11-24(23(18)12-22-15-35(19(2)16-41-22)29(40)42-30(3,4)5)27-25-10-20(14-37(25)33-17-32-27)13-36-26(38)7-8-34(6)28(36)39/h7-11,14,17,19,22H,12-13,15-16H2,1-6H3/t19-,22?/m0/s1. The van der Waals surface area contributed by atoms with Gasteiger partial charge in [-0.05, 0) is 69.5 Å². The predicted octanol–water partition coefficient (Wildman–Crippen LogP) is 3.83. The van der Waals surface area contributed by atoms with Crippen LogP contribution in [0.2, 0.25) is 5.02 Å². The molecule has 0 saturated carbocycles.